The van der Waals surface area contributed by atoms with Gasteiger partial charge in [-0.05, 0) is 57.3 Å². The summed E-state index contributed by atoms with van der Waals surface area (Å²) in [6, 6.07) is 3.77. The number of carbonyl (C=O) groups excluding carboxylic acids is 1. The molecule has 2 fully saturated rings. The second-order valence-electron chi connectivity index (χ2n) is 8.82. The summed E-state index contributed by atoms with van der Waals surface area (Å²) >= 11 is 0. The van der Waals surface area contributed by atoms with Gasteiger partial charge in [0.05, 0.1) is 5.69 Å². The molecule has 3 heterocycles. The van der Waals surface area contributed by atoms with E-state index >= 15 is 0 Å². The van der Waals surface area contributed by atoms with Gasteiger partial charge in [-0.2, -0.15) is 5.10 Å². The van der Waals surface area contributed by atoms with Crippen molar-refractivity contribution in [2.75, 3.05) is 52.4 Å². The number of likely N-dealkylation sites (tertiary alicyclic amines) is 1. The molecule has 0 radical (unpaired) electrons. The first kappa shape index (κ1) is 20.6. The molecule has 1 aromatic carbocycles. The molecule has 2 saturated heterocycles. The highest BCUT2D eigenvalue weighted by Crippen LogP contribution is 2.29. The number of aromatic nitrogens is 2. The van der Waals surface area contributed by atoms with Crippen LogP contribution in [0.2, 0.25) is 0 Å². The van der Waals surface area contributed by atoms with Gasteiger partial charge in [-0.3, -0.25) is 9.69 Å². The van der Waals surface area contributed by atoms with Crippen molar-refractivity contribution >= 4 is 5.91 Å². The van der Waals surface area contributed by atoms with Gasteiger partial charge in [0, 0.05) is 56.6 Å². The molecule has 1 aliphatic carbocycles. The highest BCUT2D eigenvalue weighted by Gasteiger charge is 2.31. The lowest BCUT2D eigenvalue weighted by Crippen LogP contribution is -2.50. The summed E-state index contributed by atoms with van der Waals surface area (Å²) < 4.78 is 28.8. The third kappa shape index (κ3) is 4.11. The second kappa shape index (κ2) is 8.67. The topological polar surface area (TPSA) is 44.6 Å². The molecule has 166 valence electrons. The molecule has 6 nitrogen and oxygen atoms in total. The highest BCUT2D eigenvalue weighted by atomic mass is 19.2. The van der Waals surface area contributed by atoms with E-state index in [9.17, 15) is 13.6 Å². The maximum atomic E-state index is 13.8. The van der Waals surface area contributed by atoms with Gasteiger partial charge in [0.25, 0.3) is 5.91 Å². The number of hydrogen-bond donors (Lipinski definition) is 0. The Kier molecular flexibility index (Phi) is 5.75. The van der Waals surface area contributed by atoms with Crippen molar-refractivity contribution in [1.29, 1.82) is 0 Å². The first-order valence-corrected chi connectivity index (χ1v) is 11.4. The van der Waals surface area contributed by atoms with Gasteiger partial charge < -0.3 is 9.80 Å². The fourth-order valence-corrected chi connectivity index (χ4v) is 5.05. The Morgan fingerprint density at radius 3 is 2.29 bits per heavy atom. The molecule has 0 bridgehead atoms. The van der Waals surface area contributed by atoms with Crippen molar-refractivity contribution < 1.29 is 13.6 Å². The van der Waals surface area contributed by atoms with E-state index < -0.39 is 11.6 Å². The third-order valence-electron chi connectivity index (χ3n) is 6.87. The maximum Gasteiger partial charge on any atom is 0.274 e. The van der Waals surface area contributed by atoms with Crippen LogP contribution in [0.4, 0.5) is 8.78 Å². The first-order valence-electron chi connectivity index (χ1n) is 11.4. The Morgan fingerprint density at radius 2 is 1.58 bits per heavy atom. The van der Waals surface area contributed by atoms with E-state index in [2.05, 4.69) is 14.9 Å². The third-order valence-corrected chi connectivity index (χ3v) is 6.87. The molecule has 2 aromatic rings. The lowest BCUT2D eigenvalue weighted by atomic mass is 10.1. The minimum atomic E-state index is -0.905. The van der Waals surface area contributed by atoms with Crippen molar-refractivity contribution in [3.8, 4) is 5.69 Å². The molecule has 3 aliphatic rings. The number of nitrogens with zero attached hydrogens (tertiary/aromatic N) is 5. The lowest BCUT2D eigenvalue weighted by Gasteiger charge is -2.35. The van der Waals surface area contributed by atoms with Crippen molar-refractivity contribution in [3.05, 3.63) is 46.8 Å². The number of rotatable bonds is 5. The Bertz CT molecular complexity index is 961. The summed E-state index contributed by atoms with van der Waals surface area (Å²) in [6.07, 6.45) is 5.16. The van der Waals surface area contributed by atoms with Crippen LogP contribution in [0.1, 0.15) is 41.0 Å². The normalized spacial score (nSPS) is 19.9. The predicted molar refractivity (Wildman–Crippen MR) is 114 cm³/mol. The van der Waals surface area contributed by atoms with Gasteiger partial charge in [-0.1, -0.05) is 0 Å². The average Bonchev–Trinajstić information content (AvgIpc) is 3.52. The number of piperazine rings is 1. The van der Waals surface area contributed by atoms with Crippen LogP contribution in [0.5, 0.6) is 0 Å². The van der Waals surface area contributed by atoms with E-state index in [-0.39, 0.29) is 5.91 Å². The Labute approximate surface area is 181 Å². The van der Waals surface area contributed by atoms with Crippen molar-refractivity contribution in [2.24, 2.45) is 0 Å². The number of carbonyl (C=O) groups is 1. The fraction of sp³-hybridized carbons (Fsp3) is 0.565. The largest absolute Gasteiger partial charge is 0.335 e. The Balaban J connectivity index is 1.27. The monoisotopic (exact) mass is 429 g/mol. The van der Waals surface area contributed by atoms with Crippen LogP contribution in [-0.2, 0) is 12.8 Å². The minimum absolute atomic E-state index is 0.0429. The smallest absolute Gasteiger partial charge is 0.274 e. The average molecular weight is 430 g/mol. The summed E-state index contributed by atoms with van der Waals surface area (Å²) in [5, 5.41) is 4.57. The molecule has 8 heteroatoms. The van der Waals surface area contributed by atoms with Crippen LogP contribution in [-0.4, -0.2) is 82.7 Å². The molecule has 0 N–H and O–H groups in total. The Hall–Kier alpha value is -2.32. The number of fused-ring (bicyclic) bond motifs is 1. The van der Waals surface area contributed by atoms with Crippen LogP contribution < -0.4 is 0 Å². The van der Waals surface area contributed by atoms with E-state index in [1.165, 1.54) is 32.0 Å². The number of hydrogen-bond acceptors (Lipinski definition) is 4. The van der Waals surface area contributed by atoms with Crippen LogP contribution >= 0.6 is 0 Å². The van der Waals surface area contributed by atoms with Gasteiger partial charge in [0.15, 0.2) is 17.3 Å². The van der Waals surface area contributed by atoms with Crippen LogP contribution in [0.3, 0.4) is 0 Å². The Morgan fingerprint density at radius 1 is 0.871 bits per heavy atom. The van der Waals surface area contributed by atoms with Gasteiger partial charge >= 0.3 is 0 Å². The molecular formula is C23H29F2N5O. The predicted octanol–water partition coefficient (Wildman–Crippen LogP) is 2.49. The molecule has 0 saturated carbocycles. The summed E-state index contributed by atoms with van der Waals surface area (Å²) in [6.45, 7) is 7.76. The second-order valence-corrected chi connectivity index (χ2v) is 8.82. The van der Waals surface area contributed by atoms with Crippen molar-refractivity contribution in [2.45, 2.75) is 32.1 Å². The van der Waals surface area contributed by atoms with Gasteiger partial charge in [-0.15, -0.1) is 0 Å². The van der Waals surface area contributed by atoms with E-state index in [1.807, 2.05) is 4.90 Å². The van der Waals surface area contributed by atoms with Crippen LogP contribution in [0, 0.1) is 11.6 Å². The lowest BCUT2D eigenvalue weighted by molar-refractivity contribution is 0.0619. The SMILES string of the molecule is O=C(c1nn(-c2ccc(F)c(F)c2)c2c1CCC2)N1CCN(CCN2CCCC2)CC1. The van der Waals surface area contributed by atoms with Gasteiger partial charge in [0.1, 0.15) is 0 Å². The molecular weight excluding hydrogens is 400 g/mol. The summed E-state index contributed by atoms with van der Waals surface area (Å²) in [5.41, 5.74) is 2.84. The quantitative estimate of drug-likeness (QED) is 0.733. The molecule has 0 unspecified atom stereocenters. The fourth-order valence-electron chi connectivity index (χ4n) is 5.05. The van der Waals surface area contributed by atoms with E-state index in [4.69, 9.17) is 0 Å². The molecule has 1 amide bonds. The zero-order valence-corrected chi connectivity index (χ0v) is 17.8. The van der Waals surface area contributed by atoms with Crippen LogP contribution in [0.25, 0.3) is 5.69 Å². The number of amides is 1. The molecule has 0 atom stereocenters. The molecule has 1 aromatic heterocycles. The minimum Gasteiger partial charge on any atom is -0.335 e. The molecule has 0 spiro atoms. The summed E-state index contributed by atoms with van der Waals surface area (Å²) in [4.78, 5) is 20.1. The van der Waals surface area contributed by atoms with Crippen molar-refractivity contribution in [3.63, 3.8) is 0 Å². The van der Waals surface area contributed by atoms with Gasteiger partial charge in [0.2, 0.25) is 0 Å². The van der Waals surface area contributed by atoms with Gasteiger partial charge in [-0.25, -0.2) is 13.5 Å². The number of halogens is 2. The first-order chi connectivity index (χ1) is 15.1. The molecule has 31 heavy (non-hydrogen) atoms. The standard InChI is InChI=1S/C23H29F2N5O/c24-19-7-6-17(16-20(19)25)30-21-5-3-4-18(21)22(26-30)23(31)29-14-12-28(13-15-29)11-10-27-8-1-2-9-27/h6-7,16H,1-5,8-15H2. The molecule has 2 aliphatic heterocycles. The zero-order valence-electron chi connectivity index (χ0n) is 17.8. The zero-order chi connectivity index (χ0) is 21.4. The van der Waals surface area contributed by atoms with Crippen LogP contribution in [0.15, 0.2) is 18.2 Å². The van der Waals surface area contributed by atoms with E-state index in [1.54, 1.807) is 4.68 Å². The van der Waals surface area contributed by atoms with Crippen molar-refractivity contribution in [1.82, 2.24) is 24.5 Å². The highest BCUT2D eigenvalue weighted by molar-refractivity contribution is 5.94. The summed E-state index contributed by atoms with van der Waals surface area (Å²) in [7, 11) is 0. The summed E-state index contributed by atoms with van der Waals surface area (Å²) in [5.74, 6) is -1.83. The molecule has 5 rings (SSSR count). The number of benzene rings is 1. The van der Waals surface area contributed by atoms with E-state index in [0.717, 1.165) is 68.8 Å². The maximum absolute atomic E-state index is 13.8. The van der Waals surface area contributed by atoms with E-state index in [0.29, 0.717) is 24.5 Å².